The number of methoxy groups -OCH3 is 2. The van der Waals surface area contributed by atoms with Crippen LogP contribution in [0.4, 0.5) is 0 Å². The van der Waals surface area contributed by atoms with Gasteiger partial charge in [0.25, 0.3) is 0 Å². The fourth-order valence-corrected chi connectivity index (χ4v) is 3.65. The van der Waals surface area contributed by atoms with Crippen molar-refractivity contribution in [2.24, 2.45) is 0 Å². The lowest BCUT2D eigenvalue weighted by molar-refractivity contribution is -0.128. The Hall–Kier alpha value is -4.52. The largest absolute Gasteiger partial charge is 0.493 e. The molecule has 0 radical (unpaired) electrons. The predicted molar refractivity (Wildman–Crippen MR) is 142 cm³/mol. The normalized spacial score (nSPS) is 11.5. The van der Waals surface area contributed by atoms with Gasteiger partial charge in [-0.25, -0.2) is 4.79 Å². The van der Waals surface area contributed by atoms with E-state index in [9.17, 15) is 9.59 Å². The molecule has 0 aliphatic rings. The number of carbonyl (C=O) groups excluding carboxylic acids is 1. The van der Waals surface area contributed by atoms with Crippen LogP contribution in [0.5, 0.6) is 28.7 Å². The summed E-state index contributed by atoms with van der Waals surface area (Å²) in [6.07, 6.45) is 4.15. The van der Waals surface area contributed by atoms with Crippen LogP contribution in [0.15, 0.2) is 82.2 Å². The van der Waals surface area contributed by atoms with E-state index in [0.717, 1.165) is 11.1 Å². The lowest BCUT2D eigenvalue weighted by Crippen LogP contribution is -2.10. The lowest BCUT2D eigenvalue weighted by atomic mass is 9.87. The van der Waals surface area contributed by atoms with Gasteiger partial charge in [-0.1, -0.05) is 39.0 Å². The first-order valence-corrected chi connectivity index (χ1v) is 11.6. The minimum Gasteiger partial charge on any atom is -0.493 e. The van der Waals surface area contributed by atoms with Gasteiger partial charge in [-0.15, -0.1) is 0 Å². The molecule has 0 spiro atoms. The summed E-state index contributed by atoms with van der Waals surface area (Å²) in [5.74, 6) is 1.39. The Kier molecular flexibility index (Phi) is 7.34. The van der Waals surface area contributed by atoms with Gasteiger partial charge in [-0.05, 0) is 59.0 Å². The third-order valence-electron chi connectivity index (χ3n) is 5.70. The quantitative estimate of drug-likeness (QED) is 0.162. The number of carbonyl (C=O) groups is 1. The summed E-state index contributed by atoms with van der Waals surface area (Å²) < 4.78 is 27.2. The first kappa shape index (κ1) is 25.6. The molecule has 0 N–H and O–H groups in total. The highest BCUT2D eigenvalue weighted by Crippen LogP contribution is 2.29. The molecule has 7 nitrogen and oxygen atoms in total. The van der Waals surface area contributed by atoms with Crippen molar-refractivity contribution in [2.45, 2.75) is 26.2 Å². The van der Waals surface area contributed by atoms with E-state index in [1.807, 2.05) is 24.3 Å². The molecule has 0 bridgehead atoms. The Labute approximate surface area is 214 Å². The van der Waals surface area contributed by atoms with Gasteiger partial charge in [-0.3, -0.25) is 4.79 Å². The summed E-state index contributed by atoms with van der Waals surface area (Å²) in [6, 6.07) is 17.4. The Morgan fingerprint density at radius 3 is 2.22 bits per heavy atom. The molecule has 0 aliphatic heterocycles. The van der Waals surface area contributed by atoms with Crippen molar-refractivity contribution < 1.29 is 28.2 Å². The molecule has 0 saturated carbocycles. The highest BCUT2D eigenvalue weighted by atomic mass is 16.5. The van der Waals surface area contributed by atoms with Gasteiger partial charge in [0.1, 0.15) is 23.3 Å². The number of esters is 1. The Balaban J connectivity index is 1.47. The Bertz CT molecular complexity index is 1510. The average molecular weight is 501 g/mol. The molecule has 3 aromatic carbocycles. The third-order valence-corrected chi connectivity index (χ3v) is 5.70. The summed E-state index contributed by atoms with van der Waals surface area (Å²) in [5, 5.41) is 0.310. The molecule has 190 valence electrons. The molecule has 0 unspecified atom stereocenters. The summed E-state index contributed by atoms with van der Waals surface area (Å²) in [6.45, 7) is 6.38. The predicted octanol–water partition coefficient (Wildman–Crippen LogP) is 6.52. The topological polar surface area (TPSA) is 84.2 Å². The van der Waals surface area contributed by atoms with Crippen molar-refractivity contribution >= 4 is 23.0 Å². The second-order valence-electron chi connectivity index (χ2n) is 9.33. The highest BCUT2D eigenvalue weighted by molar-refractivity contribution is 5.89. The molecule has 4 aromatic rings. The van der Waals surface area contributed by atoms with Gasteiger partial charge < -0.3 is 23.4 Å². The zero-order valence-corrected chi connectivity index (χ0v) is 21.4. The highest BCUT2D eigenvalue weighted by Gasteiger charge is 2.15. The van der Waals surface area contributed by atoms with Crippen molar-refractivity contribution in [3.63, 3.8) is 0 Å². The van der Waals surface area contributed by atoms with E-state index in [1.165, 1.54) is 37.6 Å². The summed E-state index contributed by atoms with van der Waals surface area (Å²) >= 11 is 0. The summed E-state index contributed by atoms with van der Waals surface area (Å²) in [5.41, 5.74) is 1.86. The molecule has 1 aromatic heterocycles. The van der Waals surface area contributed by atoms with Gasteiger partial charge >= 0.3 is 5.97 Å². The molecule has 0 saturated heterocycles. The molecular weight excluding hydrogens is 472 g/mol. The molecule has 1 heterocycles. The zero-order chi connectivity index (χ0) is 26.6. The number of ether oxygens (including phenoxy) is 4. The number of rotatable bonds is 7. The van der Waals surface area contributed by atoms with Crippen molar-refractivity contribution in [2.75, 3.05) is 14.2 Å². The zero-order valence-electron chi connectivity index (χ0n) is 21.4. The van der Waals surface area contributed by atoms with Gasteiger partial charge in [0.15, 0.2) is 11.5 Å². The van der Waals surface area contributed by atoms with E-state index >= 15 is 0 Å². The summed E-state index contributed by atoms with van der Waals surface area (Å²) in [7, 11) is 3.09. The van der Waals surface area contributed by atoms with Crippen LogP contribution in [0.1, 0.15) is 31.9 Å². The molecule has 0 aliphatic carbocycles. The number of fused-ring (bicyclic) bond motifs is 1. The average Bonchev–Trinajstić information content (AvgIpc) is 2.88. The second kappa shape index (κ2) is 10.6. The van der Waals surface area contributed by atoms with E-state index in [-0.39, 0.29) is 27.9 Å². The maximum atomic E-state index is 12.9. The third kappa shape index (κ3) is 6.01. The Morgan fingerprint density at radius 1 is 0.838 bits per heavy atom. The van der Waals surface area contributed by atoms with Gasteiger partial charge in [0.05, 0.1) is 19.6 Å². The van der Waals surface area contributed by atoms with E-state index < -0.39 is 5.97 Å². The molecule has 0 atom stereocenters. The number of benzene rings is 3. The molecule has 0 amide bonds. The van der Waals surface area contributed by atoms with Crippen LogP contribution in [-0.2, 0) is 10.2 Å². The van der Waals surface area contributed by atoms with E-state index in [2.05, 4.69) is 20.8 Å². The SMILES string of the molecule is COc1ccc(/C=C/C(=O)Oc2ccc3c(=O)c(Oc4ccc(C(C)(C)C)cc4)coc3c2)cc1OC. The minimum absolute atomic E-state index is 0.0146. The van der Waals surface area contributed by atoms with Crippen LogP contribution < -0.4 is 24.4 Å². The van der Waals surface area contributed by atoms with Crippen LogP contribution in [0.3, 0.4) is 0 Å². The fourth-order valence-electron chi connectivity index (χ4n) is 3.65. The second-order valence-corrected chi connectivity index (χ2v) is 9.33. The standard InChI is InChI=1S/C30H28O7/c1-30(2,3)20-8-10-21(11-9-20)36-27-18-35-25-17-22(12-13-23(25)29(27)32)37-28(31)15-7-19-6-14-24(33-4)26(16-19)34-5/h6-18H,1-5H3/b15-7+. The molecule has 4 rings (SSSR count). The van der Waals surface area contributed by atoms with Gasteiger partial charge in [0.2, 0.25) is 11.2 Å². The van der Waals surface area contributed by atoms with E-state index in [0.29, 0.717) is 22.6 Å². The monoisotopic (exact) mass is 500 g/mol. The van der Waals surface area contributed by atoms with Crippen LogP contribution in [0, 0.1) is 0 Å². The number of hydrogen-bond donors (Lipinski definition) is 0. The molecule has 0 fully saturated rings. The fraction of sp³-hybridized carbons (Fsp3) is 0.200. The van der Waals surface area contributed by atoms with Gasteiger partial charge in [-0.2, -0.15) is 0 Å². The molecular formula is C30H28O7. The first-order chi connectivity index (χ1) is 17.7. The minimum atomic E-state index is -0.588. The van der Waals surface area contributed by atoms with E-state index in [1.54, 1.807) is 31.4 Å². The maximum absolute atomic E-state index is 12.9. The van der Waals surface area contributed by atoms with Crippen molar-refractivity contribution in [1.82, 2.24) is 0 Å². The van der Waals surface area contributed by atoms with Crippen LogP contribution in [-0.4, -0.2) is 20.2 Å². The van der Waals surface area contributed by atoms with Crippen molar-refractivity contribution in [1.29, 1.82) is 0 Å². The summed E-state index contributed by atoms with van der Waals surface area (Å²) in [4.78, 5) is 25.3. The molecule has 7 heteroatoms. The lowest BCUT2D eigenvalue weighted by Gasteiger charge is -2.19. The van der Waals surface area contributed by atoms with E-state index in [4.69, 9.17) is 23.4 Å². The molecule has 37 heavy (non-hydrogen) atoms. The van der Waals surface area contributed by atoms with Crippen LogP contribution in [0.25, 0.3) is 17.0 Å². The van der Waals surface area contributed by atoms with Crippen LogP contribution in [0.2, 0.25) is 0 Å². The smallest absolute Gasteiger partial charge is 0.336 e. The van der Waals surface area contributed by atoms with Crippen LogP contribution >= 0.6 is 0 Å². The van der Waals surface area contributed by atoms with Gasteiger partial charge in [0, 0.05) is 12.1 Å². The van der Waals surface area contributed by atoms with Crippen molar-refractivity contribution in [3.8, 4) is 28.7 Å². The number of hydrogen-bond acceptors (Lipinski definition) is 7. The Morgan fingerprint density at radius 2 is 1.54 bits per heavy atom. The maximum Gasteiger partial charge on any atom is 0.336 e. The van der Waals surface area contributed by atoms with Crippen molar-refractivity contribution in [3.05, 3.63) is 94.4 Å². The first-order valence-electron chi connectivity index (χ1n) is 11.6.